The second-order valence-electron chi connectivity index (χ2n) is 9.02. The van der Waals surface area contributed by atoms with Crippen LogP contribution in [0.25, 0.3) is 0 Å². The Morgan fingerprint density at radius 2 is 1.56 bits per heavy atom. The summed E-state index contributed by atoms with van der Waals surface area (Å²) in [5.41, 5.74) is 3.30. The van der Waals surface area contributed by atoms with Gasteiger partial charge in [-0.25, -0.2) is 9.59 Å². The number of anilines is 2. The molecule has 0 fully saturated rings. The van der Waals surface area contributed by atoms with E-state index in [-0.39, 0.29) is 11.5 Å². The van der Waals surface area contributed by atoms with E-state index in [0.29, 0.717) is 17.8 Å². The Morgan fingerprint density at radius 3 is 2.08 bits per heavy atom. The van der Waals surface area contributed by atoms with Crippen molar-refractivity contribution in [1.29, 1.82) is 0 Å². The molecule has 36 heavy (non-hydrogen) atoms. The van der Waals surface area contributed by atoms with Crippen LogP contribution in [0.15, 0.2) is 108 Å². The van der Waals surface area contributed by atoms with Gasteiger partial charge in [-0.1, -0.05) is 74.5 Å². The highest BCUT2D eigenvalue weighted by Gasteiger charge is 2.27. The molecule has 2 atom stereocenters. The maximum Gasteiger partial charge on any atom is 0.412 e. The molecule has 6 nitrogen and oxygen atoms in total. The Kier molecular flexibility index (Phi) is 9.28. The van der Waals surface area contributed by atoms with Gasteiger partial charge in [0.25, 0.3) is 0 Å². The SMILES string of the molecule is C/C=C(\C=C/C(C)OC(=O)Nc1ccccc1)C(C)(C)C1=CCC(OC(=O)Nc2ccccc2)C=C1. The second kappa shape index (κ2) is 12.6. The minimum Gasteiger partial charge on any atom is -0.442 e. The van der Waals surface area contributed by atoms with Gasteiger partial charge in [0, 0.05) is 23.2 Å². The second-order valence-corrected chi connectivity index (χ2v) is 9.02. The van der Waals surface area contributed by atoms with Gasteiger partial charge in [0.05, 0.1) is 0 Å². The van der Waals surface area contributed by atoms with Gasteiger partial charge in [-0.15, -0.1) is 0 Å². The summed E-state index contributed by atoms with van der Waals surface area (Å²) in [7, 11) is 0. The molecule has 0 heterocycles. The van der Waals surface area contributed by atoms with E-state index < -0.39 is 18.3 Å². The van der Waals surface area contributed by atoms with Crippen LogP contribution in [0.5, 0.6) is 0 Å². The van der Waals surface area contributed by atoms with Gasteiger partial charge < -0.3 is 9.47 Å². The Bertz CT molecular complexity index is 1150. The maximum atomic E-state index is 12.2. The zero-order chi connectivity index (χ0) is 26.0. The molecule has 6 heteroatoms. The molecular formula is C30H34N2O4. The predicted octanol–water partition coefficient (Wildman–Crippen LogP) is 7.66. The number of rotatable bonds is 8. The smallest absolute Gasteiger partial charge is 0.412 e. The van der Waals surface area contributed by atoms with Crippen LogP contribution in [0.4, 0.5) is 21.0 Å². The molecule has 2 aromatic rings. The molecule has 0 bridgehead atoms. The van der Waals surface area contributed by atoms with Crippen LogP contribution in [0.1, 0.15) is 34.1 Å². The molecule has 0 saturated heterocycles. The highest BCUT2D eigenvalue weighted by molar-refractivity contribution is 5.85. The fraction of sp³-hybridized carbons (Fsp3) is 0.267. The number of nitrogens with one attached hydrogen (secondary N) is 2. The molecule has 1 aliphatic rings. The zero-order valence-corrected chi connectivity index (χ0v) is 21.2. The first-order valence-corrected chi connectivity index (χ1v) is 12.1. The fourth-order valence-electron chi connectivity index (χ4n) is 3.91. The summed E-state index contributed by atoms with van der Waals surface area (Å²) < 4.78 is 11.0. The van der Waals surface area contributed by atoms with Crippen molar-refractivity contribution in [3.63, 3.8) is 0 Å². The topological polar surface area (TPSA) is 76.7 Å². The van der Waals surface area contributed by atoms with Crippen molar-refractivity contribution in [2.75, 3.05) is 10.6 Å². The van der Waals surface area contributed by atoms with Gasteiger partial charge in [0.1, 0.15) is 12.2 Å². The Hall–Kier alpha value is -4.06. The summed E-state index contributed by atoms with van der Waals surface area (Å²) in [6.07, 6.45) is 10.8. The van der Waals surface area contributed by atoms with Crippen molar-refractivity contribution in [1.82, 2.24) is 0 Å². The molecule has 2 N–H and O–H groups in total. The van der Waals surface area contributed by atoms with Crippen LogP contribution < -0.4 is 10.6 Å². The van der Waals surface area contributed by atoms with E-state index >= 15 is 0 Å². The average molecular weight is 487 g/mol. The first kappa shape index (κ1) is 26.5. The number of hydrogen-bond donors (Lipinski definition) is 2. The van der Waals surface area contributed by atoms with Crippen molar-refractivity contribution in [3.8, 4) is 0 Å². The zero-order valence-electron chi connectivity index (χ0n) is 21.2. The quantitative estimate of drug-likeness (QED) is 0.376. The third kappa shape index (κ3) is 7.73. The van der Waals surface area contributed by atoms with Crippen molar-refractivity contribution in [2.45, 2.75) is 46.3 Å². The third-order valence-corrected chi connectivity index (χ3v) is 5.95. The lowest BCUT2D eigenvalue weighted by atomic mass is 9.75. The van der Waals surface area contributed by atoms with Crippen LogP contribution in [-0.2, 0) is 9.47 Å². The van der Waals surface area contributed by atoms with E-state index in [1.165, 1.54) is 0 Å². The number of carbonyl (C=O) groups is 2. The molecule has 3 rings (SSSR count). The minimum absolute atomic E-state index is 0.287. The molecule has 2 aromatic carbocycles. The van der Waals surface area contributed by atoms with Crippen molar-refractivity contribution < 1.29 is 19.1 Å². The number of ether oxygens (including phenoxy) is 2. The molecule has 0 saturated carbocycles. The van der Waals surface area contributed by atoms with Crippen molar-refractivity contribution in [2.24, 2.45) is 5.41 Å². The number of amides is 2. The molecule has 0 radical (unpaired) electrons. The summed E-state index contributed by atoms with van der Waals surface area (Å²) in [5, 5.41) is 5.46. The monoisotopic (exact) mass is 486 g/mol. The lowest BCUT2D eigenvalue weighted by Crippen LogP contribution is -2.24. The molecule has 1 aliphatic carbocycles. The van der Waals surface area contributed by atoms with Gasteiger partial charge in [0.2, 0.25) is 0 Å². The first-order valence-electron chi connectivity index (χ1n) is 12.1. The predicted molar refractivity (Wildman–Crippen MR) is 145 cm³/mol. The van der Waals surface area contributed by atoms with E-state index in [0.717, 1.165) is 11.1 Å². The van der Waals surface area contributed by atoms with Crippen LogP contribution in [0, 0.1) is 5.41 Å². The average Bonchev–Trinajstić information content (AvgIpc) is 2.85. The lowest BCUT2D eigenvalue weighted by molar-refractivity contribution is 0.134. The maximum absolute atomic E-state index is 12.2. The van der Waals surface area contributed by atoms with Gasteiger partial charge in [-0.05, 0) is 61.4 Å². The number of hydrogen-bond acceptors (Lipinski definition) is 4. The van der Waals surface area contributed by atoms with E-state index in [4.69, 9.17) is 9.47 Å². The molecule has 0 aliphatic heterocycles. The largest absolute Gasteiger partial charge is 0.442 e. The molecule has 0 aromatic heterocycles. The van der Waals surface area contributed by atoms with E-state index in [1.807, 2.05) is 86.7 Å². The van der Waals surface area contributed by atoms with Crippen LogP contribution in [-0.4, -0.2) is 24.4 Å². The number of benzene rings is 2. The Balaban J connectivity index is 1.53. The normalized spacial score (nSPS) is 16.7. The van der Waals surface area contributed by atoms with Gasteiger partial charge in [-0.3, -0.25) is 10.6 Å². The Labute approximate surface area is 213 Å². The van der Waals surface area contributed by atoms with Crippen LogP contribution in [0.2, 0.25) is 0 Å². The number of allylic oxidation sites excluding steroid dienone is 5. The van der Waals surface area contributed by atoms with Crippen molar-refractivity contribution in [3.05, 3.63) is 108 Å². The summed E-state index contributed by atoms with van der Waals surface area (Å²) >= 11 is 0. The molecule has 0 spiro atoms. The highest BCUT2D eigenvalue weighted by atomic mass is 16.6. The summed E-state index contributed by atoms with van der Waals surface area (Å²) in [4.78, 5) is 24.3. The third-order valence-electron chi connectivity index (χ3n) is 5.95. The summed E-state index contributed by atoms with van der Waals surface area (Å²) in [6.45, 7) is 8.09. The molecule has 2 unspecified atom stereocenters. The lowest BCUT2D eigenvalue weighted by Gasteiger charge is -2.31. The number of carbonyl (C=O) groups excluding carboxylic acids is 2. The van der Waals surface area contributed by atoms with Crippen LogP contribution >= 0.6 is 0 Å². The Morgan fingerprint density at radius 1 is 0.972 bits per heavy atom. The number of para-hydroxylation sites is 2. The van der Waals surface area contributed by atoms with Crippen LogP contribution in [0.3, 0.4) is 0 Å². The molecular weight excluding hydrogens is 452 g/mol. The van der Waals surface area contributed by atoms with Gasteiger partial charge >= 0.3 is 12.2 Å². The first-order chi connectivity index (χ1) is 17.3. The van der Waals surface area contributed by atoms with E-state index in [9.17, 15) is 9.59 Å². The molecule has 188 valence electrons. The highest BCUT2D eigenvalue weighted by Crippen LogP contribution is 2.38. The van der Waals surface area contributed by atoms with E-state index in [1.54, 1.807) is 12.1 Å². The van der Waals surface area contributed by atoms with E-state index in [2.05, 4.69) is 36.6 Å². The fourth-order valence-corrected chi connectivity index (χ4v) is 3.91. The van der Waals surface area contributed by atoms with Crippen molar-refractivity contribution >= 4 is 23.6 Å². The summed E-state index contributed by atoms with van der Waals surface area (Å²) in [6, 6.07) is 18.4. The summed E-state index contributed by atoms with van der Waals surface area (Å²) in [5.74, 6) is 0. The standard InChI is InChI=1S/C30H34N2O4/c1-5-23(17-16-22(2)35-28(33)31-25-12-8-6-9-13-25)30(3,4)24-18-20-27(21-19-24)36-29(34)32-26-14-10-7-11-15-26/h5-20,22,27H,21H2,1-4H3,(H,31,33)(H,32,34)/b17-16-,23-5+. The van der Waals surface area contributed by atoms with Gasteiger partial charge in [0.15, 0.2) is 0 Å². The molecule has 2 amide bonds. The van der Waals surface area contributed by atoms with Gasteiger partial charge in [-0.2, -0.15) is 0 Å². The minimum atomic E-state index is -0.500.